The quantitative estimate of drug-likeness (QED) is 0.886. The third kappa shape index (κ3) is 3.12. The van der Waals surface area contributed by atoms with E-state index in [-0.39, 0.29) is 6.03 Å². The lowest BCUT2D eigenvalue weighted by atomic mass is 10.1. The number of hydrogen-bond donors (Lipinski definition) is 2. The van der Waals surface area contributed by atoms with Crippen molar-refractivity contribution >= 4 is 17.5 Å². The lowest BCUT2D eigenvalue weighted by Gasteiger charge is -2.20. The lowest BCUT2D eigenvalue weighted by molar-refractivity contribution is 0.163. The number of urea groups is 1. The fraction of sp³-hybridized carbons (Fsp3) is 0.400. The largest absolute Gasteiger partial charge is 0.396 e. The second-order valence-electron chi connectivity index (χ2n) is 7.28. The average molecular weight is 352 g/mol. The number of nitrogen functional groups attached to an aromatic ring is 1. The third-order valence-electron chi connectivity index (χ3n) is 5.52. The summed E-state index contributed by atoms with van der Waals surface area (Å²) in [5, 5.41) is 2.88. The third-order valence-corrected chi connectivity index (χ3v) is 5.52. The van der Waals surface area contributed by atoms with Gasteiger partial charge in [-0.05, 0) is 36.8 Å². The summed E-state index contributed by atoms with van der Waals surface area (Å²) in [7, 11) is 1.73. The standard InChI is InChI=1S/C20H24N4O2/c1-12-3-5-13(6-4-12)18-8-7-17(21)19(22-18)23-20(25)24-9-14-15(10-24)16(14)11-26-2/h3-8,14-16H,9-11,21H2,1-2H3,(H,22,23,25)/t14-,15+,16?. The Bertz CT molecular complexity index is 809. The predicted octanol–water partition coefficient (Wildman–Crippen LogP) is 3.00. The van der Waals surface area contributed by atoms with Gasteiger partial charge in [0.15, 0.2) is 5.82 Å². The van der Waals surface area contributed by atoms with E-state index in [1.807, 2.05) is 42.2 Å². The van der Waals surface area contributed by atoms with Crippen molar-refractivity contribution in [3.05, 3.63) is 42.0 Å². The van der Waals surface area contributed by atoms with Crippen molar-refractivity contribution in [3.8, 4) is 11.3 Å². The molecule has 1 saturated heterocycles. The van der Waals surface area contributed by atoms with E-state index in [4.69, 9.17) is 10.5 Å². The number of fused-ring (bicyclic) bond motifs is 1. The van der Waals surface area contributed by atoms with Crippen LogP contribution in [0.5, 0.6) is 0 Å². The summed E-state index contributed by atoms with van der Waals surface area (Å²) in [6.07, 6.45) is 0. The molecular weight excluding hydrogens is 328 g/mol. The zero-order chi connectivity index (χ0) is 18.3. The van der Waals surface area contributed by atoms with Gasteiger partial charge < -0.3 is 15.4 Å². The van der Waals surface area contributed by atoms with Crippen LogP contribution in [0.3, 0.4) is 0 Å². The first-order chi connectivity index (χ1) is 12.6. The van der Waals surface area contributed by atoms with Crippen LogP contribution in [-0.4, -0.2) is 42.7 Å². The Morgan fingerprint density at radius 3 is 2.58 bits per heavy atom. The molecule has 26 heavy (non-hydrogen) atoms. The van der Waals surface area contributed by atoms with E-state index >= 15 is 0 Å². The van der Waals surface area contributed by atoms with E-state index in [1.54, 1.807) is 13.2 Å². The maximum atomic E-state index is 12.6. The highest BCUT2D eigenvalue weighted by Crippen LogP contribution is 2.51. The summed E-state index contributed by atoms with van der Waals surface area (Å²) in [5.74, 6) is 2.17. The molecule has 2 fully saturated rings. The molecule has 1 aromatic carbocycles. The topological polar surface area (TPSA) is 80.5 Å². The maximum absolute atomic E-state index is 12.6. The minimum Gasteiger partial charge on any atom is -0.396 e. The van der Waals surface area contributed by atoms with E-state index in [1.165, 1.54) is 5.56 Å². The Morgan fingerprint density at radius 1 is 1.23 bits per heavy atom. The average Bonchev–Trinajstić information content (AvgIpc) is 3.07. The smallest absolute Gasteiger partial charge is 0.323 e. The summed E-state index contributed by atoms with van der Waals surface area (Å²) in [4.78, 5) is 19.0. The van der Waals surface area contributed by atoms with Crippen LogP contribution in [0.15, 0.2) is 36.4 Å². The fourth-order valence-electron chi connectivity index (χ4n) is 3.89. The second-order valence-corrected chi connectivity index (χ2v) is 7.28. The molecule has 2 amide bonds. The zero-order valence-corrected chi connectivity index (χ0v) is 15.1. The molecule has 4 rings (SSSR count). The molecule has 2 aliphatic rings. The summed E-state index contributed by atoms with van der Waals surface area (Å²) < 4.78 is 5.23. The number of anilines is 2. The maximum Gasteiger partial charge on any atom is 0.323 e. The lowest BCUT2D eigenvalue weighted by Crippen LogP contribution is -2.36. The Hall–Kier alpha value is -2.60. The van der Waals surface area contributed by atoms with E-state index in [0.717, 1.165) is 31.0 Å². The number of aryl methyl sites for hydroxylation is 1. The van der Waals surface area contributed by atoms with Gasteiger partial charge >= 0.3 is 6.03 Å². The molecule has 0 radical (unpaired) electrons. The van der Waals surface area contributed by atoms with E-state index in [9.17, 15) is 4.79 Å². The predicted molar refractivity (Wildman–Crippen MR) is 102 cm³/mol. The van der Waals surface area contributed by atoms with Crippen molar-refractivity contribution < 1.29 is 9.53 Å². The van der Waals surface area contributed by atoms with Gasteiger partial charge in [0.05, 0.1) is 11.4 Å². The van der Waals surface area contributed by atoms with Gasteiger partial charge in [-0.25, -0.2) is 9.78 Å². The van der Waals surface area contributed by atoms with Crippen molar-refractivity contribution in [3.63, 3.8) is 0 Å². The van der Waals surface area contributed by atoms with Crippen molar-refractivity contribution in [2.24, 2.45) is 17.8 Å². The molecule has 6 heteroatoms. The highest BCUT2D eigenvalue weighted by Gasteiger charge is 2.56. The van der Waals surface area contributed by atoms with Crippen LogP contribution in [0.2, 0.25) is 0 Å². The number of piperidine rings is 1. The van der Waals surface area contributed by atoms with Crippen LogP contribution in [0, 0.1) is 24.7 Å². The Labute approximate surface area is 153 Å². The molecule has 1 aromatic heterocycles. The van der Waals surface area contributed by atoms with Crippen LogP contribution < -0.4 is 11.1 Å². The molecule has 1 unspecified atom stereocenters. The molecule has 0 spiro atoms. The fourth-order valence-corrected chi connectivity index (χ4v) is 3.89. The number of methoxy groups -OCH3 is 1. The number of benzene rings is 1. The first-order valence-corrected chi connectivity index (χ1v) is 8.95. The molecule has 1 aliphatic carbocycles. The van der Waals surface area contributed by atoms with Crippen LogP contribution in [0.25, 0.3) is 11.3 Å². The van der Waals surface area contributed by atoms with Crippen LogP contribution in [0.4, 0.5) is 16.3 Å². The Kier molecular flexibility index (Phi) is 4.28. The van der Waals surface area contributed by atoms with Gasteiger partial charge in [-0.2, -0.15) is 0 Å². The van der Waals surface area contributed by atoms with Gasteiger partial charge in [-0.1, -0.05) is 29.8 Å². The molecule has 6 nitrogen and oxygen atoms in total. The molecule has 1 saturated carbocycles. The summed E-state index contributed by atoms with van der Waals surface area (Å²) in [5.41, 5.74) is 9.47. The number of likely N-dealkylation sites (tertiary alicyclic amines) is 1. The van der Waals surface area contributed by atoms with Gasteiger partial charge in [-0.15, -0.1) is 0 Å². The number of aromatic nitrogens is 1. The summed E-state index contributed by atoms with van der Waals surface area (Å²) in [6, 6.07) is 11.6. The molecule has 136 valence electrons. The monoisotopic (exact) mass is 352 g/mol. The van der Waals surface area contributed by atoms with Crippen molar-refractivity contribution in [2.45, 2.75) is 6.92 Å². The number of nitrogens with one attached hydrogen (secondary N) is 1. The number of nitrogens with two attached hydrogens (primary N) is 1. The molecule has 0 bridgehead atoms. The van der Waals surface area contributed by atoms with E-state index in [0.29, 0.717) is 29.3 Å². The summed E-state index contributed by atoms with van der Waals surface area (Å²) in [6.45, 7) is 4.39. The van der Waals surface area contributed by atoms with Gasteiger partial charge in [-0.3, -0.25) is 5.32 Å². The van der Waals surface area contributed by atoms with Gasteiger partial charge in [0, 0.05) is 32.4 Å². The number of rotatable bonds is 4. The highest BCUT2D eigenvalue weighted by molar-refractivity contribution is 5.92. The number of carbonyl (C=O) groups is 1. The molecule has 3 N–H and O–H groups in total. The molecular formula is C20H24N4O2. The Morgan fingerprint density at radius 2 is 1.92 bits per heavy atom. The van der Waals surface area contributed by atoms with Crippen LogP contribution in [-0.2, 0) is 4.74 Å². The van der Waals surface area contributed by atoms with Gasteiger partial charge in [0.1, 0.15) is 0 Å². The number of hydrogen-bond acceptors (Lipinski definition) is 4. The molecule has 1 aliphatic heterocycles. The minimum absolute atomic E-state index is 0.131. The van der Waals surface area contributed by atoms with Crippen molar-refractivity contribution in [1.82, 2.24) is 9.88 Å². The SMILES string of the molecule is COCC1[C@H]2CN(C(=O)Nc3nc(-c4ccc(C)cc4)ccc3N)C[C@@H]12. The van der Waals surface area contributed by atoms with Crippen molar-refractivity contribution in [1.29, 1.82) is 0 Å². The van der Waals surface area contributed by atoms with Crippen molar-refractivity contribution in [2.75, 3.05) is 37.9 Å². The second kappa shape index (κ2) is 6.61. The number of amides is 2. The number of pyridine rings is 1. The van der Waals surface area contributed by atoms with E-state index < -0.39 is 0 Å². The van der Waals surface area contributed by atoms with E-state index in [2.05, 4.69) is 10.3 Å². The number of nitrogens with zero attached hydrogens (tertiary/aromatic N) is 2. The molecule has 3 atom stereocenters. The minimum atomic E-state index is -0.131. The van der Waals surface area contributed by atoms with Gasteiger partial charge in [0.25, 0.3) is 0 Å². The van der Waals surface area contributed by atoms with Crippen LogP contribution >= 0.6 is 0 Å². The molecule has 2 aromatic rings. The zero-order valence-electron chi connectivity index (χ0n) is 15.1. The number of carbonyl (C=O) groups excluding carboxylic acids is 1. The first kappa shape index (κ1) is 16.8. The first-order valence-electron chi connectivity index (χ1n) is 8.95. The normalized spacial score (nSPS) is 23.6. The number of ether oxygens (including phenoxy) is 1. The summed E-state index contributed by atoms with van der Waals surface area (Å²) >= 11 is 0. The van der Waals surface area contributed by atoms with Crippen LogP contribution in [0.1, 0.15) is 5.56 Å². The molecule has 2 heterocycles. The van der Waals surface area contributed by atoms with Gasteiger partial charge in [0.2, 0.25) is 0 Å². The highest BCUT2D eigenvalue weighted by atomic mass is 16.5. The Balaban J connectivity index is 1.44.